The van der Waals surface area contributed by atoms with Gasteiger partial charge in [0.1, 0.15) is 18.1 Å². The summed E-state index contributed by atoms with van der Waals surface area (Å²) in [6.07, 6.45) is -0.563. The maximum absolute atomic E-state index is 12.2. The molecule has 0 aliphatic rings. The van der Waals surface area contributed by atoms with Crippen molar-refractivity contribution in [2.45, 2.75) is 26.9 Å². The third-order valence-electron chi connectivity index (χ3n) is 4.27. The topological polar surface area (TPSA) is 47.6 Å². The van der Waals surface area contributed by atoms with E-state index in [9.17, 15) is 4.79 Å². The fraction of sp³-hybridized carbons (Fsp3) is 0.261. The van der Waals surface area contributed by atoms with Crippen LogP contribution in [0.25, 0.3) is 10.8 Å². The average molecular weight is 363 g/mol. The minimum atomic E-state index is -0.563. The summed E-state index contributed by atoms with van der Waals surface area (Å²) >= 11 is 0. The van der Waals surface area contributed by atoms with Gasteiger partial charge in [0.05, 0.1) is 6.54 Å². The van der Waals surface area contributed by atoms with Gasteiger partial charge in [0, 0.05) is 0 Å². The third-order valence-corrected chi connectivity index (χ3v) is 4.27. The highest BCUT2D eigenvalue weighted by Gasteiger charge is 2.14. The molecule has 1 N–H and O–H groups in total. The summed E-state index contributed by atoms with van der Waals surface area (Å²) in [6, 6.07) is 20.0. The number of benzene rings is 3. The molecule has 1 amide bonds. The molecule has 27 heavy (non-hydrogen) atoms. The van der Waals surface area contributed by atoms with Crippen LogP contribution in [0.15, 0.2) is 60.7 Å². The fourth-order valence-electron chi connectivity index (χ4n) is 3.00. The molecule has 4 nitrogen and oxygen atoms in total. The number of amides is 1. The molecule has 0 unspecified atom stereocenters. The summed E-state index contributed by atoms with van der Waals surface area (Å²) in [5.41, 5.74) is 2.22. The lowest BCUT2D eigenvalue weighted by Gasteiger charge is -2.16. The number of hydrogen-bond donors (Lipinski definition) is 1. The lowest BCUT2D eigenvalue weighted by atomic mass is 10.1. The number of nitrogens with one attached hydrogen (secondary N) is 1. The van der Waals surface area contributed by atoms with Crippen LogP contribution < -0.4 is 14.8 Å². The minimum absolute atomic E-state index is 0.156. The zero-order valence-corrected chi connectivity index (χ0v) is 16.0. The van der Waals surface area contributed by atoms with Crippen molar-refractivity contribution >= 4 is 16.7 Å². The molecule has 0 heterocycles. The first kappa shape index (κ1) is 18.8. The smallest absolute Gasteiger partial charge is 0.260 e. The summed E-state index contributed by atoms with van der Waals surface area (Å²) < 4.78 is 11.5. The third kappa shape index (κ3) is 5.23. The van der Waals surface area contributed by atoms with E-state index in [0.717, 1.165) is 22.3 Å². The molecule has 0 aliphatic carbocycles. The second kappa shape index (κ2) is 8.58. The molecule has 3 rings (SSSR count). The predicted molar refractivity (Wildman–Crippen MR) is 108 cm³/mol. The molecule has 0 radical (unpaired) electrons. The number of aryl methyl sites for hydroxylation is 2. The second-order valence-corrected chi connectivity index (χ2v) is 6.73. The van der Waals surface area contributed by atoms with Crippen molar-refractivity contribution in [1.29, 1.82) is 0 Å². The number of carbonyl (C=O) groups excluding carboxylic acids is 1. The summed E-state index contributed by atoms with van der Waals surface area (Å²) in [5.74, 6) is 1.35. The Morgan fingerprint density at radius 1 is 0.926 bits per heavy atom. The molecule has 3 aromatic carbocycles. The van der Waals surface area contributed by atoms with Gasteiger partial charge in [-0.1, -0.05) is 36.4 Å². The second-order valence-electron chi connectivity index (χ2n) is 6.73. The SMILES string of the molecule is Cc1cc(C)cc(O[C@H](C)C(=O)NCCOc2ccc3ccccc3c2)c1. The Balaban J connectivity index is 1.45. The first-order chi connectivity index (χ1) is 13.0. The summed E-state index contributed by atoms with van der Waals surface area (Å²) in [7, 11) is 0. The molecular formula is C23H25NO3. The van der Waals surface area contributed by atoms with Crippen LogP contribution in [-0.2, 0) is 4.79 Å². The fourth-order valence-corrected chi connectivity index (χ4v) is 3.00. The molecule has 1 atom stereocenters. The number of carbonyl (C=O) groups is 1. The van der Waals surface area contributed by atoms with Crippen LogP contribution in [0.5, 0.6) is 11.5 Å². The van der Waals surface area contributed by atoms with Crippen molar-refractivity contribution in [2.75, 3.05) is 13.2 Å². The molecule has 0 fully saturated rings. The van der Waals surface area contributed by atoms with Gasteiger partial charge in [0.15, 0.2) is 6.10 Å². The zero-order valence-electron chi connectivity index (χ0n) is 16.0. The van der Waals surface area contributed by atoms with Gasteiger partial charge in [-0.3, -0.25) is 4.79 Å². The maximum atomic E-state index is 12.2. The van der Waals surface area contributed by atoms with E-state index in [4.69, 9.17) is 9.47 Å². The molecular weight excluding hydrogens is 338 g/mol. The molecule has 3 aromatic rings. The normalized spacial score (nSPS) is 11.8. The first-order valence-electron chi connectivity index (χ1n) is 9.15. The van der Waals surface area contributed by atoms with Crippen molar-refractivity contribution in [2.24, 2.45) is 0 Å². The summed E-state index contributed by atoms with van der Waals surface area (Å²) in [6.45, 7) is 6.59. The van der Waals surface area contributed by atoms with Crippen molar-refractivity contribution in [3.05, 3.63) is 71.8 Å². The number of hydrogen-bond acceptors (Lipinski definition) is 3. The quantitative estimate of drug-likeness (QED) is 0.632. The van der Waals surface area contributed by atoms with E-state index in [-0.39, 0.29) is 5.91 Å². The first-order valence-corrected chi connectivity index (χ1v) is 9.15. The largest absolute Gasteiger partial charge is 0.492 e. The van der Waals surface area contributed by atoms with Gasteiger partial charge >= 0.3 is 0 Å². The molecule has 0 aromatic heterocycles. The highest BCUT2D eigenvalue weighted by molar-refractivity contribution is 5.83. The van der Waals surface area contributed by atoms with Gasteiger partial charge in [-0.2, -0.15) is 0 Å². The Labute approximate surface area is 160 Å². The molecule has 4 heteroatoms. The van der Waals surface area contributed by atoms with E-state index >= 15 is 0 Å². The van der Waals surface area contributed by atoms with Gasteiger partial charge in [0.2, 0.25) is 0 Å². The van der Waals surface area contributed by atoms with Crippen molar-refractivity contribution in [3.63, 3.8) is 0 Å². The maximum Gasteiger partial charge on any atom is 0.260 e. The lowest BCUT2D eigenvalue weighted by molar-refractivity contribution is -0.127. The van der Waals surface area contributed by atoms with E-state index in [1.54, 1.807) is 6.92 Å². The Morgan fingerprint density at radius 3 is 2.37 bits per heavy atom. The van der Waals surface area contributed by atoms with E-state index in [0.29, 0.717) is 18.9 Å². The Morgan fingerprint density at radius 2 is 1.63 bits per heavy atom. The number of ether oxygens (including phenoxy) is 2. The Hall–Kier alpha value is -3.01. The van der Waals surface area contributed by atoms with Crippen LogP contribution >= 0.6 is 0 Å². The summed E-state index contributed by atoms with van der Waals surface area (Å²) in [4.78, 5) is 12.2. The highest BCUT2D eigenvalue weighted by atomic mass is 16.5. The van der Waals surface area contributed by atoms with Crippen LogP contribution in [0.1, 0.15) is 18.1 Å². The van der Waals surface area contributed by atoms with Gasteiger partial charge in [-0.15, -0.1) is 0 Å². The van der Waals surface area contributed by atoms with E-state index < -0.39 is 6.10 Å². The summed E-state index contributed by atoms with van der Waals surface area (Å²) in [5, 5.41) is 5.16. The molecule has 140 valence electrons. The monoisotopic (exact) mass is 363 g/mol. The van der Waals surface area contributed by atoms with Crippen LogP contribution in [0, 0.1) is 13.8 Å². The van der Waals surface area contributed by atoms with Crippen LogP contribution in [0.4, 0.5) is 0 Å². The van der Waals surface area contributed by atoms with Crippen molar-refractivity contribution < 1.29 is 14.3 Å². The van der Waals surface area contributed by atoms with Gasteiger partial charge in [-0.05, 0) is 66.9 Å². The van der Waals surface area contributed by atoms with Gasteiger partial charge < -0.3 is 14.8 Å². The van der Waals surface area contributed by atoms with Crippen LogP contribution in [-0.4, -0.2) is 25.2 Å². The molecule has 0 saturated heterocycles. The lowest BCUT2D eigenvalue weighted by Crippen LogP contribution is -2.38. The number of rotatable bonds is 7. The molecule has 0 saturated carbocycles. The van der Waals surface area contributed by atoms with Crippen molar-refractivity contribution in [1.82, 2.24) is 5.32 Å². The predicted octanol–water partition coefficient (Wildman–Crippen LogP) is 4.42. The molecule has 0 spiro atoms. The van der Waals surface area contributed by atoms with E-state index in [2.05, 4.69) is 23.5 Å². The Bertz CT molecular complexity index is 916. The van der Waals surface area contributed by atoms with Crippen LogP contribution in [0.2, 0.25) is 0 Å². The molecule has 0 aliphatic heterocycles. The van der Waals surface area contributed by atoms with E-state index in [1.165, 1.54) is 5.39 Å². The number of fused-ring (bicyclic) bond motifs is 1. The van der Waals surface area contributed by atoms with Crippen molar-refractivity contribution in [3.8, 4) is 11.5 Å². The zero-order chi connectivity index (χ0) is 19.2. The molecule has 0 bridgehead atoms. The van der Waals surface area contributed by atoms with Gasteiger partial charge in [-0.25, -0.2) is 0 Å². The average Bonchev–Trinajstić information content (AvgIpc) is 2.64. The minimum Gasteiger partial charge on any atom is -0.492 e. The van der Waals surface area contributed by atoms with E-state index in [1.807, 2.05) is 56.3 Å². The van der Waals surface area contributed by atoms with Crippen LogP contribution in [0.3, 0.4) is 0 Å². The van der Waals surface area contributed by atoms with Gasteiger partial charge in [0.25, 0.3) is 5.91 Å². The standard InChI is InChI=1S/C23H25NO3/c1-16-12-17(2)14-22(13-16)27-18(3)23(25)24-10-11-26-21-9-8-19-6-4-5-7-20(19)15-21/h4-9,12-15,18H,10-11H2,1-3H3,(H,24,25)/t18-/m1/s1. The highest BCUT2D eigenvalue weighted by Crippen LogP contribution is 2.20. The Kier molecular flexibility index (Phi) is 5.97.